The third-order valence-corrected chi connectivity index (χ3v) is 7.25. The molecule has 1 aromatic heterocycles. The van der Waals surface area contributed by atoms with Crippen molar-refractivity contribution in [3.05, 3.63) is 102 Å². The van der Waals surface area contributed by atoms with Crippen molar-refractivity contribution in [1.29, 1.82) is 0 Å². The summed E-state index contributed by atoms with van der Waals surface area (Å²) >= 11 is 3.75. The second-order valence-corrected chi connectivity index (χ2v) is 10.3. The molecule has 1 amide bonds. The Balaban J connectivity index is 0.000000873. The first kappa shape index (κ1) is 36.6. The molecule has 0 aliphatic heterocycles. The highest BCUT2D eigenvalue weighted by Crippen LogP contribution is 2.26. The van der Waals surface area contributed by atoms with E-state index in [0.29, 0.717) is 17.3 Å². The van der Waals surface area contributed by atoms with Gasteiger partial charge in [-0.1, -0.05) is 103 Å². The molecular weight excluding hydrogens is 572 g/mol. The van der Waals surface area contributed by atoms with E-state index in [0.717, 1.165) is 30.7 Å². The van der Waals surface area contributed by atoms with Crippen LogP contribution in [-0.4, -0.2) is 25.9 Å². The van der Waals surface area contributed by atoms with Gasteiger partial charge < -0.3 is 5.32 Å². The Labute approximate surface area is 256 Å². The van der Waals surface area contributed by atoms with Gasteiger partial charge in [-0.3, -0.25) is 19.2 Å². The number of pyridine rings is 1. The smallest absolute Gasteiger partial charge is 0.264 e. The molecule has 0 saturated carbocycles. The molecule has 0 aliphatic rings. The lowest BCUT2D eigenvalue weighted by molar-refractivity contribution is 0.0936. The van der Waals surface area contributed by atoms with Crippen molar-refractivity contribution >= 4 is 45.3 Å². The van der Waals surface area contributed by atoms with Crippen LogP contribution in [0.25, 0.3) is 10.9 Å². The van der Waals surface area contributed by atoms with Gasteiger partial charge in [0.05, 0.1) is 22.8 Å². The van der Waals surface area contributed by atoms with E-state index in [1.54, 1.807) is 24.3 Å². The minimum absolute atomic E-state index is 0.0234. The maximum absolute atomic E-state index is 14.0. The average molecular weight is 615 g/mol. The lowest BCUT2D eigenvalue weighted by atomic mass is 10.0. The van der Waals surface area contributed by atoms with Crippen LogP contribution in [0.5, 0.6) is 0 Å². The summed E-state index contributed by atoms with van der Waals surface area (Å²) in [6.45, 7) is 13.0. The van der Waals surface area contributed by atoms with Crippen LogP contribution in [0.4, 0.5) is 10.1 Å². The van der Waals surface area contributed by atoms with Crippen LogP contribution >= 0.6 is 12.8 Å². The second kappa shape index (κ2) is 19.6. The summed E-state index contributed by atoms with van der Waals surface area (Å²) in [5.41, 5.74) is 1.07. The van der Waals surface area contributed by atoms with Gasteiger partial charge in [0.25, 0.3) is 15.9 Å². The Morgan fingerprint density at radius 3 is 2.19 bits per heavy atom. The van der Waals surface area contributed by atoms with E-state index in [9.17, 15) is 17.6 Å². The number of para-hydroxylation sites is 1. The summed E-state index contributed by atoms with van der Waals surface area (Å²) < 4.78 is 45.6. The molecule has 0 radical (unpaired) electrons. The zero-order valence-corrected chi connectivity index (χ0v) is 26.9. The van der Waals surface area contributed by atoms with Crippen molar-refractivity contribution in [2.45, 2.75) is 65.3 Å². The topological polar surface area (TPSA) is 100 Å². The van der Waals surface area contributed by atoms with E-state index >= 15 is 0 Å². The lowest BCUT2D eigenvalue weighted by Gasteiger charge is -2.19. The first-order chi connectivity index (χ1) is 20.3. The molecule has 228 valence electrons. The number of halogens is 1. The fourth-order valence-electron chi connectivity index (χ4n) is 3.74. The van der Waals surface area contributed by atoms with E-state index in [-0.39, 0.29) is 22.2 Å². The fourth-order valence-corrected chi connectivity index (χ4v) is 5.22. The lowest BCUT2D eigenvalue weighted by Crippen LogP contribution is -2.29. The summed E-state index contributed by atoms with van der Waals surface area (Å²) in [5, 5.41) is 3.53. The Morgan fingerprint density at radius 2 is 1.60 bits per heavy atom. The van der Waals surface area contributed by atoms with Gasteiger partial charge in [0.15, 0.2) is 0 Å². The first-order valence-corrected chi connectivity index (χ1v) is 16.1. The Kier molecular flexibility index (Phi) is 17.1. The number of nitrogens with one attached hydrogen (secondary N) is 3. The van der Waals surface area contributed by atoms with Gasteiger partial charge in [0, 0.05) is 18.1 Å². The average Bonchev–Trinajstić information content (AvgIpc) is 3.03. The molecule has 1 atom stereocenters. The number of carbonyl (C=O) groups excluding carboxylic acids is 1. The normalized spacial score (nSPS) is 11.0. The molecule has 10 heteroatoms. The summed E-state index contributed by atoms with van der Waals surface area (Å²) in [6, 6.07) is 20.7. The predicted octanol–water partition coefficient (Wildman–Crippen LogP) is 7.94. The zero-order chi connectivity index (χ0) is 31.5. The van der Waals surface area contributed by atoms with Crippen molar-refractivity contribution in [2.24, 2.45) is 0 Å². The van der Waals surface area contributed by atoms with Crippen molar-refractivity contribution in [2.75, 3.05) is 11.3 Å². The zero-order valence-electron chi connectivity index (χ0n) is 25.2. The van der Waals surface area contributed by atoms with Crippen LogP contribution < -0.4 is 14.8 Å². The Bertz CT molecular complexity index is 1460. The number of thiol groups is 1. The van der Waals surface area contributed by atoms with E-state index in [2.05, 4.69) is 39.5 Å². The summed E-state index contributed by atoms with van der Waals surface area (Å²) in [4.78, 5) is 17.2. The van der Waals surface area contributed by atoms with Crippen molar-refractivity contribution < 1.29 is 17.6 Å². The number of anilines is 1. The molecule has 0 fully saturated rings. The van der Waals surface area contributed by atoms with E-state index in [1.165, 1.54) is 18.3 Å². The number of rotatable bonds is 9. The molecule has 3 aromatic carbocycles. The monoisotopic (exact) mass is 614 g/mol. The van der Waals surface area contributed by atoms with Crippen molar-refractivity contribution in [1.82, 2.24) is 15.0 Å². The van der Waals surface area contributed by atoms with E-state index in [1.807, 2.05) is 65.0 Å². The molecule has 4 rings (SSSR count). The SMILES string of the molecule is CC.CC.CCCNS.CC[C@H](NC(=O)c1cc(F)ccc1NS(=O)(=O)c1cccc2cccnc12)c1ccccc1. The van der Waals surface area contributed by atoms with Gasteiger partial charge in [-0.05, 0) is 48.7 Å². The number of hydrogen-bond acceptors (Lipinski definition) is 6. The maximum Gasteiger partial charge on any atom is 0.264 e. The summed E-state index contributed by atoms with van der Waals surface area (Å²) in [7, 11) is -4.11. The molecule has 0 aliphatic carbocycles. The number of fused-ring (bicyclic) bond motifs is 1. The highest BCUT2D eigenvalue weighted by Gasteiger charge is 2.23. The number of amides is 1. The highest BCUT2D eigenvalue weighted by atomic mass is 32.2. The van der Waals surface area contributed by atoms with Crippen LogP contribution in [0.2, 0.25) is 0 Å². The Morgan fingerprint density at radius 1 is 0.929 bits per heavy atom. The minimum atomic E-state index is -4.11. The minimum Gasteiger partial charge on any atom is -0.345 e. The number of benzene rings is 3. The van der Waals surface area contributed by atoms with Gasteiger partial charge in [0.1, 0.15) is 10.7 Å². The van der Waals surface area contributed by atoms with Gasteiger partial charge in [-0.25, -0.2) is 12.8 Å². The fraction of sp³-hybridized carbons (Fsp3) is 0.312. The molecule has 1 heterocycles. The second-order valence-electron chi connectivity index (χ2n) is 8.38. The van der Waals surface area contributed by atoms with Crippen LogP contribution in [0.15, 0.2) is 90.0 Å². The van der Waals surface area contributed by atoms with Gasteiger partial charge in [0.2, 0.25) is 0 Å². The summed E-state index contributed by atoms with van der Waals surface area (Å²) in [5.74, 6) is -1.23. The molecule has 0 unspecified atom stereocenters. The molecule has 42 heavy (non-hydrogen) atoms. The van der Waals surface area contributed by atoms with Crippen LogP contribution in [0.3, 0.4) is 0 Å². The number of nitrogens with zero attached hydrogens (tertiary/aromatic N) is 1. The maximum atomic E-state index is 14.0. The van der Waals surface area contributed by atoms with Crippen LogP contribution in [0.1, 0.15) is 76.3 Å². The molecule has 7 nitrogen and oxygen atoms in total. The molecule has 0 bridgehead atoms. The molecule has 3 N–H and O–H groups in total. The third-order valence-electron chi connectivity index (χ3n) is 5.63. The quantitative estimate of drug-likeness (QED) is 0.143. The number of carbonyl (C=O) groups is 1. The van der Waals surface area contributed by atoms with Crippen LogP contribution in [0, 0.1) is 5.82 Å². The number of sulfonamides is 1. The predicted molar refractivity (Wildman–Crippen MR) is 176 cm³/mol. The highest BCUT2D eigenvalue weighted by molar-refractivity contribution is 7.93. The van der Waals surface area contributed by atoms with Gasteiger partial charge >= 0.3 is 0 Å². The molecule has 4 aromatic rings. The summed E-state index contributed by atoms with van der Waals surface area (Å²) in [6.07, 6.45) is 3.27. The number of aromatic nitrogens is 1. The standard InChI is InChI=1S/C25H22FN3O3S.C3H9NS.2C2H6/c1-2-21(17-8-4-3-5-9-17)28-25(30)20-16-19(26)13-14-22(20)29-33(31,32)23-12-6-10-18-11-7-15-27-24(18)23;1-2-3-4-5;2*1-2/h3-16,21,29H,2H2,1H3,(H,28,30);4-5H,2-3H2,1H3;2*1-2H3/t21-;;;/m0.../s1. The first-order valence-electron chi connectivity index (χ1n) is 14.2. The van der Waals surface area contributed by atoms with Crippen molar-refractivity contribution in [3.63, 3.8) is 0 Å². The van der Waals surface area contributed by atoms with E-state index < -0.39 is 21.7 Å². The van der Waals surface area contributed by atoms with E-state index in [4.69, 9.17) is 0 Å². The Hall–Kier alpha value is -3.47. The molecule has 0 spiro atoms. The molecule has 0 saturated heterocycles. The number of hydrogen-bond donors (Lipinski definition) is 4. The third kappa shape index (κ3) is 10.7. The van der Waals surface area contributed by atoms with Gasteiger partial charge in [-0.2, -0.15) is 0 Å². The van der Waals surface area contributed by atoms with Crippen molar-refractivity contribution in [3.8, 4) is 0 Å². The van der Waals surface area contributed by atoms with Gasteiger partial charge in [-0.15, -0.1) is 0 Å². The molecular formula is C32H43FN4O3S2. The van der Waals surface area contributed by atoms with Crippen LogP contribution in [-0.2, 0) is 10.0 Å². The largest absolute Gasteiger partial charge is 0.345 e.